The first-order valence-corrected chi connectivity index (χ1v) is 8.32. The summed E-state index contributed by atoms with van der Waals surface area (Å²) in [6.07, 6.45) is 2.66. The van der Waals surface area contributed by atoms with Crippen molar-refractivity contribution >= 4 is 17.3 Å². The van der Waals surface area contributed by atoms with Crippen LogP contribution in [0.1, 0.15) is 26.7 Å². The molecule has 21 heavy (non-hydrogen) atoms. The number of rotatable bonds is 3. The highest BCUT2D eigenvalue weighted by atomic mass is 35.5. The normalized spacial score (nSPS) is 26.2. The highest BCUT2D eigenvalue weighted by Gasteiger charge is 2.37. The summed E-state index contributed by atoms with van der Waals surface area (Å²) in [5, 5.41) is 0.700. The zero-order valence-corrected chi connectivity index (χ0v) is 13.9. The standard InChI is InChI=1S/C17H25ClN2O/c1-12(2)16-11-19-8-4-5-14(19)10-20(16)13-6-7-17(21-3)15(18)9-13/h6-7,9,12,14,16H,4-5,8,10-11H2,1-3H3. The Labute approximate surface area is 132 Å². The summed E-state index contributed by atoms with van der Waals surface area (Å²) in [6, 6.07) is 7.45. The van der Waals surface area contributed by atoms with Gasteiger partial charge in [-0.15, -0.1) is 0 Å². The summed E-state index contributed by atoms with van der Waals surface area (Å²) < 4.78 is 5.27. The predicted molar refractivity (Wildman–Crippen MR) is 88.6 cm³/mol. The first-order chi connectivity index (χ1) is 10.1. The van der Waals surface area contributed by atoms with E-state index < -0.39 is 0 Å². The van der Waals surface area contributed by atoms with Crippen LogP contribution in [-0.4, -0.2) is 43.7 Å². The lowest BCUT2D eigenvalue weighted by atomic mass is 9.96. The van der Waals surface area contributed by atoms with Gasteiger partial charge in [-0.25, -0.2) is 0 Å². The zero-order valence-electron chi connectivity index (χ0n) is 13.2. The second kappa shape index (κ2) is 6.05. The van der Waals surface area contributed by atoms with Crippen molar-refractivity contribution in [3.8, 4) is 5.75 Å². The minimum atomic E-state index is 0.559. The second-order valence-electron chi connectivity index (χ2n) is 6.57. The minimum absolute atomic E-state index is 0.559. The molecule has 0 saturated carbocycles. The monoisotopic (exact) mass is 308 g/mol. The lowest BCUT2D eigenvalue weighted by Crippen LogP contribution is -2.58. The van der Waals surface area contributed by atoms with Gasteiger partial charge in [0, 0.05) is 30.9 Å². The van der Waals surface area contributed by atoms with Crippen LogP contribution in [0.4, 0.5) is 5.69 Å². The second-order valence-corrected chi connectivity index (χ2v) is 6.98. The van der Waals surface area contributed by atoms with Gasteiger partial charge in [0.25, 0.3) is 0 Å². The van der Waals surface area contributed by atoms with E-state index in [1.807, 2.05) is 6.07 Å². The lowest BCUT2D eigenvalue weighted by Gasteiger charge is -2.47. The van der Waals surface area contributed by atoms with E-state index in [1.54, 1.807) is 7.11 Å². The number of hydrogen-bond donors (Lipinski definition) is 0. The van der Waals surface area contributed by atoms with Crippen LogP contribution < -0.4 is 9.64 Å². The molecule has 2 fully saturated rings. The van der Waals surface area contributed by atoms with Crippen molar-refractivity contribution < 1.29 is 4.74 Å². The molecule has 116 valence electrons. The van der Waals surface area contributed by atoms with Gasteiger partial charge < -0.3 is 9.64 Å². The van der Waals surface area contributed by atoms with Crippen LogP contribution in [0.3, 0.4) is 0 Å². The van der Waals surface area contributed by atoms with Crippen LogP contribution in [-0.2, 0) is 0 Å². The smallest absolute Gasteiger partial charge is 0.137 e. The van der Waals surface area contributed by atoms with Crippen molar-refractivity contribution in [1.82, 2.24) is 4.90 Å². The topological polar surface area (TPSA) is 15.7 Å². The number of fused-ring (bicyclic) bond motifs is 1. The van der Waals surface area contributed by atoms with Gasteiger partial charge >= 0.3 is 0 Å². The quantitative estimate of drug-likeness (QED) is 0.847. The number of methoxy groups -OCH3 is 1. The highest BCUT2D eigenvalue weighted by Crippen LogP contribution is 2.35. The van der Waals surface area contributed by atoms with Crippen molar-refractivity contribution in [2.45, 2.75) is 38.8 Å². The molecule has 0 aromatic heterocycles. The molecule has 3 nitrogen and oxygen atoms in total. The molecule has 2 aliphatic rings. The van der Waals surface area contributed by atoms with Crippen molar-refractivity contribution in [2.24, 2.45) is 5.92 Å². The molecule has 4 heteroatoms. The van der Waals surface area contributed by atoms with Crippen molar-refractivity contribution in [3.63, 3.8) is 0 Å². The molecule has 0 amide bonds. The number of ether oxygens (including phenoxy) is 1. The van der Waals surface area contributed by atoms with Crippen LogP contribution in [0.15, 0.2) is 18.2 Å². The number of hydrogen-bond acceptors (Lipinski definition) is 3. The number of benzene rings is 1. The first-order valence-electron chi connectivity index (χ1n) is 7.94. The average molecular weight is 309 g/mol. The van der Waals surface area contributed by atoms with Gasteiger partial charge in [-0.1, -0.05) is 25.4 Å². The molecule has 2 heterocycles. The predicted octanol–water partition coefficient (Wildman–Crippen LogP) is 3.66. The van der Waals surface area contributed by atoms with Gasteiger partial charge in [0.05, 0.1) is 12.1 Å². The largest absolute Gasteiger partial charge is 0.495 e. The molecule has 0 bridgehead atoms. The third-order valence-electron chi connectivity index (χ3n) is 4.96. The summed E-state index contributed by atoms with van der Waals surface area (Å²) in [7, 11) is 1.66. The Morgan fingerprint density at radius 1 is 1.29 bits per heavy atom. The van der Waals surface area contributed by atoms with E-state index in [0.29, 0.717) is 23.0 Å². The molecule has 0 radical (unpaired) electrons. The Hall–Kier alpha value is -0.930. The molecule has 0 N–H and O–H groups in total. The summed E-state index contributed by atoms with van der Waals surface area (Å²) in [5.74, 6) is 1.38. The van der Waals surface area contributed by atoms with E-state index >= 15 is 0 Å². The lowest BCUT2D eigenvalue weighted by molar-refractivity contribution is 0.176. The molecular formula is C17H25ClN2O. The van der Waals surface area contributed by atoms with Gasteiger partial charge in [-0.3, -0.25) is 4.90 Å². The molecule has 0 aliphatic carbocycles. The van der Waals surface area contributed by atoms with Gasteiger partial charge in [0.1, 0.15) is 5.75 Å². The summed E-state index contributed by atoms with van der Waals surface area (Å²) in [6.45, 7) is 8.20. The zero-order chi connectivity index (χ0) is 15.0. The molecule has 3 rings (SSSR count). The maximum absolute atomic E-state index is 6.33. The van der Waals surface area contributed by atoms with Crippen molar-refractivity contribution in [3.05, 3.63) is 23.2 Å². The Balaban J connectivity index is 1.88. The maximum atomic E-state index is 6.33. The molecule has 2 unspecified atom stereocenters. The average Bonchev–Trinajstić information content (AvgIpc) is 2.93. The Morgan fingerprint density at radius 2 is 2.10 bits per heavy atom. The van der Waals surface area contributed by atoms with Crippen LogP contribution in [0.2, 0.25) is 5.02 Å². The van der Waals surface area contributed by atoms with Gasteiger partial charge in [0.15, 0.2) is 0 Å². The third kappa shape index (κ3) is 2.86. The Bertz CT molecular complexity index is 506. The van der Waals surface area contributed by atoms with E-state index in [2.05, 4.69) is 35.8 Å². The van der Waals surface area contributed by atoms with E-state index in [0.717, 1.165) is 12.3 Å². The van der Waals surface area contributed by atoms with Crippen LogP contribution in [0.5, 0.6) is 5.75 Å². The fourth-order valence-corrected chi connectivity index (χ4v) is 4.00. The number of piperazine rings is 1. The molecule has 2 aliphatic heterocycles. The summed E-state index contributed by atoms with van der Waals surface area (Å²) in [4.78, 5) is 5.23. The number of nitrogens with zero attached hydrogens (tertiary/aromatic N) is 2. The maximum Gasteiger partial charge on any atom is 0.137 e. The fourth-order valence-electron chi connectivity index (χ4n) is 3.75. The number of anilines is 1. The molecule has 1 aromatic carbocycles. The van der Waals surface area contributed by atoms with Gasteiger partial charge in [-0.05, 0) is 43.5 Å². The van der Waals surface area contributed by atoms with E-state index in [-0.39, 0.29) is 0 Å². The van der Waals surface area contributed by atoms with Crippen molar-refractivity contribution in [2.75, 3.05) is 31.6 Å². The van der Waals surface area contributed by atoms with Crippen LogP contribution in [0.25, 0.3) is 0 Å². The molecular weight excluding hydrogens is 284 g/mol. The molecule has 2 atom stereocenters. The molecule has 1 aromatic rings. The Kier molecular flexibility index (Phi) is 4.32. The molecule has 2 saturated heterocycles. The fraction of sp³-hybridized carbons (Fsp3) is 0.647. The van der Waals surface area contributed by atoms with Crippen molar-refractivity contribution in [1.29, 1.82) is 0 Å². The van der Waals surface area contributed by atoms with Gasteiger partial charge in [-0.2, -0.15) is 0 Å². The van der Waals surface area contributed by atoms with E-state index in [1.165, 1.54) is 31.6 Å². The summed E-state index contributed by atoms with van der Waals surface area (Å²) >= 11 is 6.33. The Morgan fingerprint density at radius 3 is 2.76 bits per heavy atom. The van der Waals surface area contributed by atoms with Gasteiger partial charge in [0.2, 0.25) is 0 Å². The highest BCUT2D eigenvalue weighted by molar-refractivity contribution is 6.32. The van der Waals surface area contributed by atoms with Crippen LogP contribution in [0, 0.1) is 5.92 Å². The van der Waals surface area contributed by atoms with Crippen LogP contribution >= 0.6 is 11.6 Å². The van der Waals surface area contributed by atoms with E-state index in [4.69, 9.17) is 16.3 Å². The third-order valence-corrected chi connectivity index (χ3v) is 5.26. The van der Waals surface area contributed by atoms with E-state index in [9.17, 15) is 0 Å². The first kappa shape index (κ1) is 15.0. The number of halogens is 1. The summed E-state index contributed by atoms with van der Waals surface area (Å²) in [5.41, 5.74) is 1.23. The SMILES string of the molecule is COc1ccc(N2CC3CCCN3CC2C(C)C)cc1Cl. The minimum Gasteiger partial charge on any atom is -0.495 e. The molecule has 0 spiro atoms.